The summed E-state index contributed by atoms with van der Waals surface area (Å²) in [5.41, 5.74) is 1.58. The van der Waals surface area contributed by atoms with Gasteiger partial charge in [0, 0.05) is 11.8 Å². The van der Waals surface area contributed by atoms with Crippen molar-refractivity contribution >= 4 is 0 Å². The maximum absolute atomic E-state index is 14.3. The SMILES string of the molecule is C=CCCc1ccc(-c2ccc(OCCCC)c(F)c2F)nc1. The number of benzene rings is 1. The highest BCUT2D eigenvalue weighted by atomic mass is 19.2. The van der Waals surface area contributed by atoms with E-state index in [-0.39, 0.29) is 11.3 Å². The summed E-state index contributed by atoms with van der Waals surface area (Å²) in [4.78, 5) is 4.23. The number of halogens is 2. The second-order valence-electron chi connectivity index (χ2n) is 5.32. The molecule has 0 aliphatic heterocycles. The van der Waals surface area contributed by atoms with Crippen molar-refractivity contribution in [2.24, 2.45) is 0 Å². The smallest absolute Gasteiger partial charge is 0.201 e. The predicted molar refractivity (Wildman–Crippen MR) is 88.5 cm³/mol. The fraction of sp³-hybridized carbons (Fsp3) is 0.316. The van der Waals surface area contributed by atoms with Crippen molar-refractivity contribution < 1.29 is 13.5 Å². The third-order valence-corrected chi connectivity index (χ3v) is 3.54. The molecule has 2 rings (SSSR count). The third kappa shape index (κ3) is 4.38. The van der Waals surface area contributed by atoms with E-state index < -0.39 is 11.6 Å². The van der Waals surface area contributed by atoms with Gasteiger partial charge in [-0.3, -0.25) is 4.98 Å². The van der Waals surface area contributed by atoms with Crippen LogP contribution in [-0.2, 0) is 6.42 Å². The molecule has 2 nitrogen and oxygen atoms in total. The largest absolute Gasteiger partial charge is 0.490 e. The van der Waals surface area contributed by atoms with Gasteiger partial charge in [0.05, 0.1) is 12.3 Å². The molecule has 0 radical (unpaired) electrons. The van der Waals surface area contributed by atoms with E-state index in [0.29, 0.717) is 12.3 Å². The molecule has 1 heterocycles. The van der Waals surface area contributed by atoms with Gasteiger partial charge in [-0.15, -0.1) is 6.58 Å². The summed E-state index contributed by atoms with van der Waals surface area (Å²) < 4.78 is 33.6. The van der Waals surface area contributed by atoms with E-state index in [1.165, 1.54) is 12.1 Å². The predicted octanol–water partition coefficient (Wildman–Crippen LogP) is 5.32. The number of unbranched alkanes of at least 4 members (excludes halogenated alkanes) is 1. The number of nitrogens with zero attached hydrogens (tertiary/aromatic N) is 1. The normalized spacial score (nSPS) is 10.6. The zero-order valence-corrected chi connectivity index (χ0v) is 13.3. The molecule has 0 unspecified atom stereocenters. The molecular weight excluding hydrogens is 296 g/mol. The van der Waals surface area contributed by atoms with E-state index in [1.807, 2.05) is 19.1 Å². The number of aromatic nitrogens is 1. The minimum absolute atomic E-state index is 0.0534. The van der Waals surface area contributed by atoms with Crippen LogP contribution in [0.3, 0.4) is 0 Å². The van der Waals surface area contributed by atoms with Gasteiger partial charge in [0.25, 0.3) is 0 Å². The quantitative estimate of drug-likeness (QED) is 0.485. The highest BCUT2D eigenvalue weighted by Gasteiger charge is 2.16. The van der Waals surface area contributed by atoms with Crippen molar-refractivity contribution in [1.29, 1.82) is 0 Å². The zero-order valence-electron chi connectivity index (χ0n) is 13.3. The lowest BCUT2D eigenvalue weighted by Crippen LogP contribution is -2.01. The Hall–Kier alpha value is -2.23. The molecule has 0 N–H and O–H groups in total. The summed E-state index contributed by atoms with van der Waals surface area (Å²) >= 11 is 0. The fourth-order valence-corrected chi connectivity index (χ4v) is 2.17. The number of aryl methyl sites for hydroxylation is 1. The highest BCUT2D eigenvalue weighted by molar-refractivity contribution is 5.61. The van der Waals surface area contributed by atoms with Crippen LogP contribution in [-0.4, -0.2) is 11.6 Å². The summed E-state index contributed by atoms with van der Waals surface area (Å²) in [5.74, 6) is -1.94. The summed E-state index contributed by atoms with van der Waals surface area (Å²) in [7, 11) is 0. The number of ether oxygens (including phenoxy) is 1. The summed E-state index contributed by atoms with van der Waals surface area (Å²) in [6.45, 7) is 6.06. The van der Waals surface area contributed by atoms with Gasteiger partial charge < -0.3 is 4.74 Å². The van der Waals surface area contributed by atoms with Crippen LogP contribution in [0.1, 0.15) is 31.7 Å². The van der Waals surface area contributed by atoms with Crippen molar-refractivity contribution in [3.8, 4) is 17.0 Å². The molecule has 1 aromatic carbocycles. The van der Waals surface area contributed by atoms with Crippen molar-refractivity contribution in [2.45, 2.75) is 32.6 Å². The lowest BCUT2D eigenvalue weighted by Gasteiger charge is -2.10. The first-order chi connectivity index (χ1) is 11.2. The second-order valence-corrected chi connectivity index (χ2v) is 5.32. The average molecular weight is 317 g/mol. The van der Waals surface area contributed by atoms with Gasteiger partial charge in [-0.1, -0.05) is 25.5 Å². The van der Waals surface area contributed by atoms with Crippen molar-refractivity contribution in [3.63, 3.8) is 0 Å². The Kier molecular flexibility index (Phi) is 6.27. The second kappa shape index (κ2) is 8.42. The van der Waals surface area contributed by atoms with Crippen LogP contribution in [0.25, 0.3) is 11.3 Å². The Morgan fingerprint density at radius 2 is 2.00 bits per heavy atom. The minimum atomic E-state index is -0.962. The molecule has 23 heavy (non-hydrogen) atoms. The number of pyridine rings is 1. The lowest BCUT2D eigenvalue weighted by atomic mass is 10.1. The van der Waals surface area contributed by atoms with E-state index in [1.54, 1.807) is 12.3 Å². The van der Waals surface area contributed by atoms with Gasteiger partial charge in [0.15, 0.2) is 11.6 Å². The van der Waals surface area contributed by atoms with Crippen molar-refractivity contribution in [1.82, 2.24) is 4.98 Å². The van der Waals surface area contributed by atoms with Gasteiger partial charge in [-0.25, -0.2) is 4.39 Å². The molecule has 0 spiro atoms. The molecular formula is C19H21F2NO. The summed E-state index contributed by atoms with van der Waals surface area (Å²) in [5, 5.41) is 0. The first kappa shape index (κ1) is 17.1. The number of hydrogen-bond donors (Lipinski definition) is 0. The highest BCUT2D eigenvalue weighted by Crippen LogP contribution is 2.29. The first-order valence-electron chi connectivity index (χ1n) is 7.84. The Morgan fingerprint density at radius 3 is 2.65 bits per heavy atom. The Labute approximate surface area is 135 Å². The maximum atomic E-state index is 14.3. The van der Waals surface area contributed by atoms with E-state index in [4.69, 9.17) is 4.74 Å². The lowest BCUT2D eigenvalue weighted by molar-refractivity contribution is 0.289. The Bertz CT molecular complexity index is 653. The zero-order chi connectivity index (χ0) is 16.7. The third-order valence-electron chi connectivity index (χ3n) is 3.54. The van der Waals surface area contributed by atoms with Crippen LogP contribution in [0.15, 0.2) is 43.1 Å². The molecule has 0 fully saturated rings. The number of rotatable bonds is 8. The van der Waals surface area contributed by atoms with E-state index in [0.717, 1.165) is 31.2 Å². The van der Waals surface area contributed by atoms with E-state index in [2.05, 4.69) is 11.6 Å². The van der Waals surface area contributed by atoms with Crippen LogP contribution in [0.2, 0.25) is 0 Å². The maximum Gasteiger partial charge on any atom is 0.201 e. The molecule has 0 aliphatic rings. The molecule has 1 aromatic heterocycles. The van der Waals surface area contributed by atoms with Gasteiger partial charge in [-0.05, 0) is 43.0 Å². The molecule has 0 atom stereocenters. The van der Waals surface area contributed by atoms with Crippen LogP contribution in [0.4, 0.5) is 8.78 Å². The summed E-state index contributed by atoms with van der Waals surface area (Å²) in [6, 6.07) is 6.53. The van der Waals surface area contributed by atoms with Crippen LogP contribution >= 0.6 is 0 Å². The molecule has 0 saturated heterocycles. The Balaban J connectivity index is 2.19. The molecule has 122 valence electrons. The van der Waals surface area contributed by atoms with Gasteiger partial charge in [0.2, 0.25) is 5.82 Å². The van der Waals surface area contributed by atoms with Crippen LogP contribution in [0, 0.1) is 11.6 Å². The molecule has 0 amide bonds. The average Bonchev–Trinajstić information content (AvgIpc) is 2.58. The standard InChI is InChI=1S/C19H21F2NO/c1-3-5-7-14-8-10-16(22-13-14)15-9-11-17(19(21)18(15)20)23-12-6-4-2/h3,8-11,13H,1,4-7,12H2,2H3. The number of allylic oxidation sites excluding steroid dienone is 1. The first-order valence-corrected chi connectivity index (χ1v) is 7.84. The van der Waals surface area contributed by atoms with Gasteiger partial charge >= 0.3 is 0 Å². The molecule has 0 saturated carbocycles. The molecule has 0 bridgehead atoms. The summed E-state index contributed by atoms with van der Waals surface area (Å²) in [6.07, 6.45) is 6.94. The van der Waals surface area contributed by atoms with Crippen molar-refractivity contribution in [2.75, 3.05) is 6.61 Å². The number of hydrogen-bond acceptors (Lipinski definition) is 2. The van der Waals surface area contributed by atoms with Crippen molar-refractivity contribution in [3.05, 3.63) is 60.3 Å². The minimum Gasteiger partial charge on any atom is -0.490 e. The Morgan fingerprint density at radius 1 is 1.17 bits per heavy atom. The topological polar surface area (TPSA) is 22.1 Å². The van der Waals surface area contributed by atoms with E-state index in [9.17, 15) is 8.78 Å². The van der Waals surface area contributed by atoms with E-state index >= 15 is 0 Å². The molecule has 2 aromatic rings. The van der Waals surface area contributed by atoms with Crippen LogP contribution < -0.4 is 4.74 Å². The van der Waals surface area contributed by atoms with Gasteiger partial charge in [0.1, 0.15) is 0 Å². The molecule has 0 aliphatic carbocycles. The van der Waals surface area contributed by atoms with Gasteiger partial charge in [-0.2, -0.15) is 4.39 Å². The monoisotopic (exact) mass is 317 g/mol. The molecule has 4 heteroatoms. The van der Waals surface area contributed by atoms with Crippen LogP contribution in [0.5, 0.6) is 5.75 Å². The fourth-order valence-electron chi connectivity index (χ4n) is 2.17.